The van der Waals surface area contributed by atoms with Gasteiger partial charge in [-0.3, -0.25) is 14.5 Å². The van der Waals surface area contributed by atoms with Crippen LogP contribution in [0, 0.1) is 0 Å². The smallest absolute Gasteiger partial charge is 0.295 e. The van der Waals surface area contributed by atoms with Gasteiger partial charge in [-0.25, -0.2) is 0 Å². The van der Waals surface area contributed by atoms with Crippen molar-refractivity contribution in [3.05, 3.63) is 104 Å². The minimum atomic E-state index is -0.635. The average molecular weight is 488 g/mol. The van der Waals surface area contributed by atoms with Gasteiger partial charge in [0.1, 0.15) is 11.3 Å². The molecule has 2 heterocycles. The molecule has 1 aliphatic heterocycles. The minimum Gasteiger partial charge on any atom is -0.494 e. The number of benzene rings is 3. The van der Waals surface area contributed by atoms with Crippen molar-refractivity contribution in [1.82, 2.24) is 0 Å². The van der Waals surface area contributed by atoms with Gasteiger partial charge in [-0.2, -0.15) is 0 Å². The molecule has 0 saturated heterocycles. The zero-order valence-corrected chi connectivity index (χ0v) is 20.8. The van der Waals surface area contributed by atoms with Crippen LogP contribution in [0.15, 0.2) is 75.9 Å². The Morgan fingerprint density at radius 1 is 0.971 bits per heavy atom. The summed E-state index contributed by atoms with van der Waals surface area (Å²) in [5.41, 5.74) is 3.02. The lowest BCUT2D eigenvalue weighted by Gasteiger charge is -2.26. The van der Waals surface area contributed by atoms with E-state index < -0.39 is 6.04 Å². The first-order valence-electron chi connectivity index (χ1n) is 11.6. The van der Waals surface area contributed by atoms with Gasteiger partial charge in [-0.1, -0.05) is 56.6 Å². The van der Waals surface area contributed by atoms with Crippen molar-refractivity contribution in [2.45, 2.75) is 39.2 Å². The molecule has 1 atom stereocenters. The molecule has 178 valence electrons. The molecule has 4 aromatic rings. The molecule has 0 N–H and O–H groups in total. The van der Waals surface area contributed by atoms with E-state index in [9.17, 15) is 9.59 Å². The average Bonchev–Trinajstić information content (AvgIpc) is 3.12. The van der Waals surface area contributed by atoms with Gasteiger partial charge >= 0.3 is 0 Å². The van der Waals surface area contributed by atoms with Crippen LogP contribution >= 0.6 is 11.6 Å². The molecule has 0 bridgehead atoms. The predicted octanol–water partition coefficient (Wildman–Crippen LogP) is 6.89. The molecule has 1 unspecified atom stereocenters. The molecule has 6 heteroatoms. The van der Waals surface area contributed by atoms with Crippen LogP contribution in [0.4, 0.5) is 5.69 Å². The molecule has 0 fully saturated rings. The first-order valence-corrected chi connectivity index (χ1v) is 12.0. The van der Waals surface area contributed by atoms with E-state index in [-0.39, 0.29) is 22.5 Å². The largest absolute Gasteiger partial charge is 0.494 e. The Morgan fingerprint density at radius 2 is 1.66 bits per heavy atom. The molecule has 1 aliphatic rings. The fourth-order valence-corrected chi connectivity index (χ4v) is 4.73. The maximum atomic E-state index is 13.7. The van der Waals surface area contributed by atoms with Crippen molar-refractivity contribution in [3.8, 4) is 5.75 Å². The summed E-state index contributed by atoms with van der Waals surface area (Å²) in [4.78, 5) is 29.1. The molecular formula is C29H26ClNO4. The summed E-state index contributed by atoms with van der Waals surface area (Å²) in [6.45, 7) is 8.90. The Labute approximate surface area is 208 Å². The first-order chi connectivity index (χ1) is 16.7. The van der Waals surface area contributed by atoms with Crippen LogP contribution < -0.4 is 15.1 Å². The lowest BCUT2D eigenvalue weighted by Crippen LogP contribution is -2.29. The van der Waals surface area contributed by atoms with E-state index in [0.29, 0.717) is 39.6 Å². The summed E-state index contributed by atoms with van der Waals surface area (Å²) in [6, 6.07) is 19.6. The minimum absolute atomic E-state index is 0.0251. The van der Waals surface area contributed by atoms with E-state index >= 15 is 0 Å². The van der Waals surface area contributed by atoms with Crippen molar-refractivity contribution >= 4 is 34.2 Å². The number of amides is 1. The number of carbonyl (C=O) groups is 1. The van der Waals surface area contributed by atoms with Crippen molar-refractivity contribution in [2.75, 3.05) is 11.5 Å². The second-order valence-electron chi connectivity index (χ2n) is 9.69. The van der Waals surface area contributed by atoms with E-state index in [2.05, 4.69) is 20.8 Å². The normalized spacial score (nSPS) is 15.5. The van der Waals surface area contributed by atoms with Gasteiger partial charge in [-0.15, -0.1) is 0 Å². The van der Waals surface area contributed by atoms with Gasteiger partial charge in [-0.05, 0) is 65.9 Å². The molecule has 0 saturated carbocycles. The Morgan fingerprint density at radius 3 is 2.29 bits per heavy atom. The van der Waals surface area contributed by atoms with Crippen LogP contribution in [0.1, 0.15) is 61.0 Å². The van der Waals surface area contributed by atoms with E-state index in [0.717, 1.165) is 11.1 Å². The van der Waals surface area contributed by atoms with Gasteiger partial charge < -0.3 is 9.15 Å². The molecule has 0 spiro atoms. The van der Waals surface area contributed by atoms with E-state index in [4.69, 9.17) is 20.8 Å². The van der Waals surface area contributed by atoms with Crippen LogP contribution in [0.2, 0.25) is 5.02 Å². The van der Waals surface area contributed by atoms with Gasteiger partial charge in [0.05, 0.1) is 23.6 Å². The summed E-state index contributed by atoms with van der Waals surface area (Å²) in [6.07, 6.45) is 0. The number of rotatable bonds is 4. The molecule has 5 nitrogen and oxygen atoms in total. The maximum absolute atomic E-state index is 13.7. The summed E-state index contributed by atoms with van der Waals surface area (Å²) >= 11 is 6.18. The molecule has 3 aromatic carbocycles. The zero-order valence-electron chi connectivity index (χ0n) is 20.1. The van der Waals surface area contributed by atoms with Crippen molar-refractivity contribution < 1.29 is 13.9 Å². The maximum Gasteiger partial charge on any atom is 0.295 e. The third-order valence-corrected chi connectivity index (χ3v) is 6.59. The van der Waals surface area contributed by atoms with Crippen LogP contribution in [0.5, 0.6) is 5.75 Å². The number of carbonyl (C=O) groups excluding carboxylic acids is 1. The van der Waals surface area contributed by atoms with Crippen LogP contribution in [-0.2, 0) is 5.41 Å². The van der Waals surface area contributed by atoms with Crippen molar-refractivity contribution in [3.63, 3.8) is 0 Å². The van der Waals surface area contributed by atoms with Gasteiger partial charge in [0.15, 0.2) is 5.43 Å². The number of fused-ring (bicyclic) bond motifs is 2. The Hall–Kier alpha value is -3.57. The molecule has 1 amide bonds. The second-order valence-corrected chi connectivity index (χ2v) is 10.1. The predicted molar refractivity (Wildman–Crippen MR) is 139 cm³/mol. The lowest BCUT2D eigenvalue weighted by atomic mass is 9.86. The van der Waals surface area contributed by atoms with E-state index in [1.165, 1.54) is 0 Å². The van der Waals surface area contributed by atoms with Crippen LogP contribution in [-0.4, -0.2) is 12.5 Å². The first kappa shape index (κ1) is 23.2. The standard InChI is InChI=1S/C29H26ClNO4/c1-5-34-21-13-11-20(12-14-21)31-25(17-6-8-18(9-7-17)29(2,3)4)24-26(32)22-16-19(30)10-15-23(22)35-27(24)28(31)33/h6-16,25H,5H2,1-4H3. The highest BCUT2D eigenvalue weighted by Gasteiger charge is 2.43. The third kappa shape index (κ3) is 4.00. The molecular weight excluding hydrogens is 462 g/mol. The van der Waals surface area contributed by atoms with E-state index in [1.54, 1.807) is 23.1 Å². The molecule has 35 heavy (non-hydrogen) atoms. The zero-order chi connectivity index (χ0) is 24.9. The lowest BCUT2D eigenvalue weighted by molar-refractivity contribution is 0.0971. The van der Waals surface area contributed by atoms with Gasteiger partial charge in [0.2, 0.25) is 5.76 Å². The highest BCUT2D eigenvalue weighted by Crippen LogP contribution is 2.42. The highest BCUT2D eigenvalue weighted by atomic mass is 35.5. The van der Waals surface area contributed by atoms with Crippen LogP contribution in [0.3, 0.4) is 0 Å². The fourth-order valence-electron chi connectivity index (χ4n) is 4.56. The molecule has 1 aromatic heterocycles. The van der Waals surface area contributed by atoms with Crippen LogP contribution in [0.25, 0.3) is 11.0 Å². The molecule has 0 aliphatic carbocycles. The number of hydrogen-bond acceptors (Lipinski definition) is 4. The fraction of sp³-hybridized carbons (Fsp3) is 0.241. The summed E-state index contributed by atoms with van der Waals surface area (Å²) in [5.74, 6) is 0.410. The monoisotopic (exact) mass is 487 g/mol. The summed E-state index contributed by atoms with van der Waals surface area (Å²) in [7, 11) is 0. The molecule has 0 radical (unpaired) electrons. The highest BCUT2D eigenvalue weighted by molar-refractivity contribution is 6.31. The number of halogens is 1. The number of hydrogen-bond donors (Lipinski definition) is 0. The Balaban J connectivity index is 1.72. The SMILES string of the molecule is CCOc1ccc(N2C(=O)c3oc4ccc(Cl)cc4c(=O)c3C2c2ccc(C(C)(C)C)cc2)cc1. The third-order valence-electron chi connectivity index (χ3n) is 6.35. The second kappa shape index (κ2) is 8.58. The summed E-state index contributed by atoms with van der Waals surface area (Å²) in [5, 5.41) is 0.789. The summed E-state index contributed by atoms with van der Waals surface area (Å²) < 4.78 is 11.6. The van der Waals surface area contributed by atoms with Crippen molar-refractivity contribution in [1.29, 1.82) is 0 Å². The quantitative estimate of drug-likeness (QED) is 0.314. The topological polar surface area (TPSA) is 59.8 Å². The Bertz CT molecular complexity index is 1480. The number of nitrogens with zero attached hydrogens (tertiary/aromatic N) is 1. The Kier molecular flexibility index (Phi) is 5.68. The number of anilines is 1. The molecule has 5 rings (SSSR count). The van der Waals surface area contributed by atoms with Gasteiger partial charge in [0.25, 0.3) is 5.91 Å². The van der Waals surface area contributed by atoms with Crippen molar-refractivity contribution in [2.24, 2.45) is 0 Å². The van der Waals surface area contributed by atoms with Gasteiger partial charge in [0, 0.05) is 10.7 Å². The number of ether oxygens (including phenoxy) is 1. The van der Waals surface area contributed by atoms with E-state index in [1.807, 2.05) is 55.5 Å².